The van der Waals surface area contributed by atoms with Gasteiger partial charge in [0.15, 0.2) is 0 Å². The van der Waals surface area contributed by atoms with Crippen LogP contribution in [0.2, 0.25) is 0 Å². The van der Waals surface area contributed by atoms with Crippen molar-refractivity contribution in [3.05, 3.63) is 52.0 Å². The molecule has 0 spiro atoms. The van der Waals surface area contributed by atoms with Crippen LogP contribution in [-0.4, -0.2) is 4.98 Å². The van der Waals surface area contributed by atoms with Crippen LogP contribution in [0.25, 0.3) is 0 Å². The average molecular weight is 274 g/mol. The predicted octanol–water partition coefficient (Wildman–Crippen LogP) is 4.29. The van der Waals surface area contributed by atoms with Gasteiger partial charge in [-0.15, -0.1) is 11.3 Å². The van der Waals surface area contributed by atoms with Gasteiger partial charge in [-0.25, -0.2) is 0 Å². The highest BCUT2D eigenvalue weighted by molar-refractivity contribution is 7.12. The smallest absolute Gasteiger partial charge is 0.0315 e. The van der Waals surface area contributed by atoms with Gasteiger partial charge in [-0.3, -0.25) is 4.98 Å². The van der Waals surface area contributed by atoms with Crippen molar-refractivity contribution in [2.75, 3.05) is 0 Å². The minimum atomic E-state index is 0.248. The lowest BCUT2D eigenvalue weighted by molar-refractivity contribution is 0.577. The molecule has 1 atom stereocenters. The van der Waals surface area contributed by atoms with Crippen molar-refractivity contribution in [1.82, 2.24) is 10.3 Å². The first kappa shape index (κ1) is 14.2. The Morgan fingerprint density at radius 2 is 2.05 bits per heavy atom. The first-order valence-corrected chi connectivity index (χ1v) is 7.51. The molecule has 19 heavy (non-hydrogen) atoms. The van der Waals surface area contributed by atoms with Gasteiger partial charge in [0.25, 0.3) is 0 Å². The first-order valence-electron chi connectivity index (χ1n) is 6.69. The zero-order chi connectivity index (χ0) is 13.9. The van der Waals surface area contributed by atoms with E-state index in [0.29, 0.717) is 6.04 Å². The van der Waals surface area contributed by atoms with Crippen molar-refractivity contribution >= 4 is 11.3 Å². The molecule has 0 radical (unpaired) electrons. The third kappa shape index (κ3) is 3.88. The summed E-state index contributed by atoms with van der Waals surface area (Å²) in [6.07, 6.45) is 3.73. The molecule has 2 rings (SSSR count). The molecule has 0 saturated carbocycles. The van der Waals surface area contributed by atoms with Crippen LogP contribution in [0, 0.1) is 0 Å². The summed E-state index contributed by atoms with van der Waals surface area (Å²) in [7, 11) is 0. The van der Waals surface area contributed by atoms with E-state index < -0.39 is 0 Å². The average Bonchev–Trinajstić information content (AvgIpc) is 2.86. The van der Waals surface area contributed by atoms with Gasteiger partial charge < -0.3 is 5.32 Å². The van der Waals surface area contributed by atoms with E-state index in [2.05, 4.69) is 56.2 Å². The third-order valence-electron chi connectivity index (χ3n) is 3.17. The lowest BCUT2D eigenvalue weighted by Gasteiger charge is -2.15. The summed E-state index contributed by atoms with van der Waals surface area (Å²) in [6, 6.07) is 8.90. The molecule has 0 bridgehead atoms. The van der Waals surface area contributed by atoms with Crippen LogP contribution in [-0.2, 0) is 12.0 Å². The summed E-state index contributed by atoms with van der Waals surface area (Å²) in [5, 5.41) is 3.55. The predicted molar refractivity (Wildman–Crippen MR) is 82.5 cm³/mol. The molecule has 2 aromatic heterocycles. The Kier molecular flexibility index (Phi) is 4.38. The molecular formula is C16H22N2S. The van der Waals surface area contributed by atoms with Crippen molar-refractivity contribution in [3.63, 3.8) is 0 Å². The molecule has 0 aromatic carbocycles. The number of pyridine rings is 1. The fourth-order valence-electron chi connectivity index (χ4n) is 1.88. The Labute approximate surface area is 119 Å². The van der Waals surface area contributed by atoms with Gasteiger partial charge in [-0.1, -0.05) is 26.8 Å². The van der Waals surface area contributed by atoms with E-state index >= 15 is 0 Å². The standard InChI is InChI=1S/C16H22N2S/c1-12(13-6-5-9-17-10-13)18-11-14-7-8-15(19-14)16(2,3)4/h5-10,12,18H,11H2,1-4H3/t12-/m0/s1. The number of nitrogens with zero attached hydrogens (tertiary/aromatic N) is 1. The van der Waals surface area contributed by atoms with Gasteiger partial charge in [-0.05, 0) is 36.1 Å². The Morgan fingerprint density at radius 3 is 2.63 bits per heavy atom. The van der Waals surface area contributed by atoms with Crippen molar-refractivity contribution in [2.45, 2.75) is 45.7 Å². The van der Waals surface area contributed by atoms with E-state index in [1.54, 1.807) is 0 Å². The summed E-state index contributed by atoms with van der Waals surface area (Å²) in [5.74, 6) is 0. The topological polar surface area (TPSA) is 24.9 Å². The van der Waals surface area contributed by atoms with Gasteiger partial charge in [0.05, 0.1) is 0 Å². The molecule has 0 amide bonds. The highest BCUT2D eigenvalue weighted by Crippen LogP contribution is 2.29. The SMILES string of the molecule is C[C@H](NCc1ccc(C(C)(C)C)s1)c1cccnc1. The Bertz CT molecular complexity index is 511. The molecule has 0 unspecified atom stereocenters. The monoisotopic (exact) mass is 274 g/mol. The molecule has 102 valence electrons. The molecule has 0 saturated heterocycles. The molecule has 0 fully saturated rings. The molecule has 3 heteroatoms. The minimum absolute atomic E-state index is 0.248. The van der Waals surface area contributed by atoms with Crippen molar-refractivity contribution in [2.24, 2.45) is 0 Å². The summed E-state index contributed by atoms with van der Waals surface area (Å²) < 4.78 is 0. The van der Waals surface area contributed by atoms with Gasteiger partial charge >= 0.3 is 0 Å². The van der Waals surface area contributed by atoms with Crippen LogP contribution < -0.4 is 5.32 Å². The van der Waals surface area contributed by atoms with Crippen molar-refractivity contribution in [3.8, 4) is 0 Å². The first-order chi connectivity index (χ1) is 8.97. The van der Waals surface area contributed by atoms with E-state index in [-0.39, 0.29) is 5.41 Å². The zero-order valence-electron chi connectivity index (χ0n) is 12.1. The Hall–Kier alpha value is -1.19. The normalized spacial score (nSPS) is 13.5. The summed E-state index contributed by atoms with van der Waals surface area (Å²) in [4.78, 5) is 6.99. The second kappa shape index (κ2) is 5.85. The molecule has 2 nitrogen and oxygen atoms in total. The number of aromatic nitrogens is 1. The number of nitrogens with one attached hydrogen (secondary N) is 1. The van der Waals surface area contributed by atoms with Gasteiger partial charge in [0.2, 0.25) is 0 Å². The summed E-state index contributed by atoms with van der Waals surface area (Å²) in [5.41, 5.74) is 1.48. The Balaban J connectivity index is 1.94. The van der Waals surface area contributed by atoms with Crippen LogP contribution in [0.15, 0.2) is 36.7 Å². The molecule has 1 N–H and O–H groups in total. The highest BCUT2D eigenvalue weighted by atomic mass is 32.1. The van der Waals surface area contributed by atoms with Crippen LogP contribution in [0.4, 0.5) is 0 Å². The van der Waals surface area contributed by atoms with Gasteiger partial charge in [0.1, 0.15) is 0 Å². The lowest BCUT2D eigenvalue weighted by atomic mass is 9.95. The zero-order valence-corrected chi connectivity index (χ0v) is 12.9. The number of hydrogen-bond acceptors (Lipinski definition) is 3. The third-order valence-corrected chi connectivity index (χ3v) is 4.68. The maximum Gasteiger partial charge on any atom is 0.0315 e. The molecule has 2 aromatic rings. The number of rotatable bonds is 4. The van der Waals surface area contributed by atoms with Crippen LogP contribution >= 0.6 is 11.3 Å². The van der Waals surface area contributed by atoms with E-state index in [0.717, 1.165) is 6.54 Å². The number of thiophene rings is 1. The number of hydrogen-bond donors (Lipinski definition) is 1. The lowest BCUT2D eigenvalue weighted by Crippen LogP contribution is -2.17. The molecule has 0 aliphatic heterocycles. The van der Waals surface area contributed by atoms with Crippen LogP contribution in [0.1, 0.15) is 49.1 Å². The molecule has 2 heterocycles. The van der Waals surface area contributed by atoms with E-state index in [1.807, 2.05) is 29.8 Å². The molecular weight excluding hydrogens is 252 g/mol. The molecule has 0 aliphatic carbocycles. The minimum Gasteiger partial charge on any atom is -0.305 e. The second-order valence-electron chi connectivity index (χ2n) is 5.90. The van der Waals surface area contributed by atoms with Crippen molar-refractivity contribution < 1.29 is 0 Å². The van der Waals surface area contributed by atoms with Gasteiger partial charge in [0, 0.05) is 34.7 Å². The second-order valence-corrected chi connectivity index (χ2v) is 7.07. The summed E-state index contributed by atoms with van der Waals surface area (Å²) in [6.45, 7) is 9.86. The maximum atomic E-state index is 4.16. The maximum absolute atomic E-state index is 4.16. The van der Waals surface area contributed by atoms with Gasteiger partial charge in [-0.2, -0.15) is 0 Å². The largest absolute Gasteiger partial charge is 0.305 e. The molecule has 0 aliphatic rings. The van der Waals surface area contributed by atoms with E-state index in [4.69, 9.17) is 0 Å². The van der Waals surface area contributed by atoms with Crippen LogP contribution in [0.5, 0.6) is 0 Å². The van der Waals surface area contributed by atoms with Crippen molar-refractivity contribution in [1.29, 1.82) is 0 Å². The fourth-order valence-corrected chi connectivity index (χ4v) is 2.90. The Morgan fingerprint density at radius 1 is 1.26 bits per heavy atom. The highest BCUT2D eigenvalue weighted by Gasteiger charge is 2.16. The van der Waals surface area contributed by atoms with E-state index in [9.17, 15) is 0 Å². The quantitative estimate of drug-likeness (QED) is 0.899. The van der Waals surface area contributed by atoms with Crippen LogP contribution in [0.3, 0.4) is 0 Å². The summed E-state index contributed by atoms with van der Waals surface area (Å²) >= 11 is 1.90. The van der Waals surface area contributed by atoms with E-state index in [1.165, 1.54) is 15.3 Å². The fraction of sp³-hybridized carbons (Fsp3) is 0.438.